The van der Waals surface area contributed by atoms with Gasteiger partial charge in [-0.1, -0.05) is 42.8 Å². The number of aryl methyl sites for hydroxylation is 1. The molecule has 1 N–H and O–H groups in total. The van der Waals surface area contributed by atoms with Gasteiger partial charge in [0.15, 0.2) is 5.82 Å². The van der Waals surface area contributed by atoms with Crippen LogP contribution in [0.15, 0.2) is 53.3 Å². The molecule has 1 atom stereocenters. The van der Waals surface area contributed by atoms with Gasteiger partial charge in [-0.3, -0.25) is 9.59 Å². The van der Waals surface area contributed by atoms with Crippen LogP contribution in [0.4, 0.5) is 11.5 Å². The Morgan fingerprint density at radius 1 is 1.14 bits per heavy atom. The van der Waals surface area contributed by atoms with Crippen LogP contribution in [-0.4, -0.2) is 28.8 Å². The largest absolute Gasteiger partial charge is 0.354 e. The first-order chi connectivity index (χ1) is 14.0. The lowest BCUT2D eigenvalue weighted by molar-refractivity contribution is -0.117. The van der Waals surface area contributed by atoms with Crippen molar-refractivity contribution in [1.29, 1.82) is 0 Å². The number of carbonyl (C=O) groups excluding carboxylic acids is 1. The van der Waals surface area contributed by atoms with Gasteiger partial charge in [0.2, 0.25) is 5.91 Å². The summed E-state index contributed by atoms with van der Waals surface area (Å²) in [7, 11) is 0. The van der Waals surface area contributed by atoms with E-state index in [4.69, 9.17) is 0 Å². The molecule has 0 spiro atoms. The predicted molar refractivity (Wildman–Crippen MR) is 116 cm³/mol. The molecule has 0 radical (unpaired) electrons. The van der Waals surface area contributed by atoms with Gasteiger partial charge in [0.1, 0.15) is 6.54 Å². The number of anilines is 2. The number of amides is 1. The topological polar surface area (TPSA) is 67.2 Å². The highest BCUT2D eigenvalue weighted by molar-refractivity contribution is 5.93. The molecule has 0 bridgehead atoms. The predicted octanol–water partition coefficient (Wildman–Crippen LogP) is 3.58. The van der Waals surface area contributed by atoms with Gasteiger partial charge in [-0.2, -0.15) is 5.10 Å². The molecular formula is C23H26N4O2. The van der Waals surface area contributed by atoms with Crippen molar-refractivity contribution in [1.82, 2.24) is 9.78 Å². The molecular weight excluding hydrogens is 364 g/mol. The third-order valence-electron chi connectivity index (χ3n) is 5.43. The van der Waals surface area contributed by atoms with Gasteiger partial charge >= 0.3 is 0 Å². The summed E-state index contributed by atoms with van der Waals surface area (Å²) in [5.74, 6) is 1.10. The number of benzene rings is 2. The molecule has 1 aliphatic heterocycles. The summed E-state index contributed by atoms with van der Waals surface area (Å²) >= 11 is 0. The van der Waals surface area contributed by atoms with Crippen molar-refractivity contribution >= 4 is 28.2 Å². The standard InChI is InChI=1S/C23H26N4O2/c1-16-9-11-18(12-10-16)24-21(28)15-27-23(29)20-8-4-3-7-19(20)22(25-27)26-13-5-6-17(2)14-26/h3-4,7-12,17H,5-6,13-15H2,1-2H3,(H,24,28). The van der Waals surface area contributed by atoms with E-state index < -0.39 is 0 Å². The smallest absolute Gasteiger partial charge is 0.275 e. The SMILES string of the molecule is Cc1ccc(NC(=O)Cn2nc(N3CCCC(C)C3)c3ccccc3c2=O)cc1. The van der Waals surface area contributed by atoms with Crippen molar-refractivity contribution < 1.29 is 4.79 Å². The minimum Gasteiger partial charge on any atom is -0.354 e. The number of hydrogen-bond acceptors (Lipinski definition) is 4. The van der Waals surface area contributed by atoms with Crippen LogP contribution in [0.2, 0.25) is 0 Å². The summed E-state index contributed by atoms with van der Waals surface area (Å²) in [5, 5.41) is 8.92. The van der Waals surface area contributed by atoms with Crippen LogP contribution in [0.5, 0.6) is 0 Å². The minimum atomic E-state index is -0.267. The number of fused-ring (bicyclic) bond motifs is 1. The van der Waals surface area contributed by atoms with Gasteiger partial charge in [0, 0.05) is 24.2 Å². The number of hydrogen-bond donors (Lipinski definition) is 1. The molecule has 3 aromatic rings. The first-order valence-corrected chi connectivity index (χ1v) is 10.1. The third-order valence-corrected chi connectivity index (χ3v) is 5.43. The first kappa shape index (κ1) is 19.2. The summed E-state index contributed by atoms with van der Waals surface area (Å²) in [6.07, 6.45) is 2.30. The number of carbonyl (C=O) groups is 1. The second-order valence-corrected chi connectivity index (χ2v) is 7.94. The molecule has 1 saturated heterocycles. The average molecular weight is 390 g/mol. The molecule has 1 aliphatic rings. The molecule has 2 aromatic carbocycles. The fourth-order valence-corrected chi connectivity index (χ4v) is 3.91. The quantitative estimate of drug-likeness (QED) is 0.739. The van der Waals surface area contributed by atoms with E-state index in [0.29, 0.717) is 17.0 Å². The minimum absolute atomic E-state index is 0.117. The lowest BCUT2D eigenvalue weighted by atomic mass is 10.00. The summed E-state index contributed by atoms with van der Waals surface area (Å²) in [6, 6.07) is 15.1. The van der Waals surface area contributed by atoms with Crippen LogP contribution in [-0.2, 0) is 11.3 Å². The van der Waals surface area contributed by atoms with E-state index in [0.717, 1.165) is 36.3 Å². The lowest BCUT2D eigenvalue weighted by Gasteiger charge is -2.32. The van der Waals surface area contributed by atoms with Crippen molar-refractivity contribution in [3.8, 4) is 0 Å². The summed E-state index contributed by atoms with van der Waals surface area (Å²) in [4.78, 5) is 27.8. The first-order valence-electron chi connectivity index (χ1n) is 10.1. The van der Waals surface area contributed by atoms with Crippen LogP contribution in [0.3, 0.4) is 0 Å². The molecule has 2 heterocycles. The number of aromatic nitrogens is 2. The molecule has 1 amide bonds. The van der Waals surface area contributed by atoms with E-state index in [1.807, 2.05) is 55.5 Å². The fraction of sp³-hybridized carbons (Fsp3) is 0.348. The van der Waals surface area contributed by atoms with Crippen molar-refractivity contribution in [2.24, 2.45) is 5.92 Å². The Balaban J connectivity index is 1.66. The maximum Gasteiger partial charge on any atom is 0.275 e. The zero-order valence-electron chi connectivity index (χ0n) is 16.9. The molecule has 29 heavy (non-hydrogen) atoms. The Morgan fingerprint density at radius 2 is 1.86 bits per heavy atom. The Labute approximate surface area is 170 Å². The summed E-state index contributed by atoms with van der Waals surface area (Å²) in [5.41, 5.74) is 1.59. The molecule has 150 valence electrons. The summed E-state index contributed by atoms with van der Waals surface area (Å²) in [6.45, 7) is 5.93. The van der Waals surface area contributed by atoms with Gasteiger partial charge in [0.25, 0.3) is 5.56 Å². The van der Waals surface area contributed by atoms with Crippen molar-refractivity contribution in [2.45, 2.75) is 33.2 Å². The molecule has 4 rings (SSSR count). The van der Waals surface area contributed by atoms with Gasteiger partial charge < -0.3 is 10.2 Å². The highest BCUT2D eigenvalue weighted by Crippen LogP contribution is 2.26. The van der Waals surface area contributed by atoms with Crippen molar-refractivity contribution in [3.63, 3.8) is 0 Å². The molecule has 0 aliphatic carbocycles. The Kier molecular flexibility index (Phi) is 5.34. The van der Waals surface area contributed by atoms with Gasteiger partial charge in [-0.25, -0.2) is 4.68 Å². The molecule has 6 heteroatoms. The van der Waals surface area contributed by atoms with Crippen LogP contribution >= 0.6 is 0 Å². The van der Waals surface area contributed by atoms with Crippen molar-refractivity contribution in [3.05, 3.63) is 64.4 Å². The van der Waals surface area contributed by atoms with Gasteiger partial charge in [-0.15, -0.1) is 0 Å². The highest BCUT2D eigenvalue weighted by atomic mass is 16.2. The Morgan fingerprint density at radius 3 is 2.59 bits per heavy atom. The third kappa shape index (κ3) is 4.16. The zero-order chi connectivity index (χ0) is 20.4. The van der Waals surface area contributed by atoms with Crippen LogP contribution < -0.4 is 15.8 Å². The number of piperidine rings is 1. The van der Waals surface area contributed by atoms with E-state index in [1.54, 1.807) is 0 Å². The van der Waals surface area contributed by atoms with Gasteiger partial charge in [0.05, 0.1) is 5.39 Å². The lowest BCUT2D eigenvalue weighted by Crippen LogP contribution is -2.38. The fourth-order valence-electron chi connectivity index (χ4n) is 3.91. The van der Waals surface area contributed by atoms with E-state index in [1.165, 1.54) is 11.1 Å². The number of nitrogens with zero attached hydrogens (tertiary/aromatic N) is 3. The Bertz CT molecular complexity index is 1090. The normalized spacial score (nSPS) is 16.8. The highest BCUT2D eigenvalue weighted by Gasteiger charge is 2.22. The maximum atomic E-state index is 13.0. The second-order valence-electron chi connectivity index (χ2n) is 7.94. The maximum absolute atomic E-state index is 13.0. The van der Waals surface area contributed by atoms with E-state index in [9.17, 15) is 9.59 Å². The summed E-state index contributed by atoms with van der Waals surface area (Å²) < 4.78 is 1.29. The van der Waals surface area contributed by atoms with E-state index in [-0.39, 0.29) is 18.0 Å². The molecule has 1 fully saturated rings. The second kappa shape index (κ2) is 8.07. The van der Waals surface area contributed by atoms with Crippen LogP contribution in [0.1, 0.15) is 25.3 Å². The molecule has 0 saturated carbocycles. The van der Waals surface area contributed by atoms with Gasteiger partial charge in [-0.05, 0) is 43.9 Å². The molecule has 1 aromatic heterocycles. The molecule has 6 nitrogen and oxygen atoms in total. The average Bonchev–Trinajstić information content (AvgIpc) is 2.72. The Hall–Kier alpha value is -3.15. The number of rotatable bonds is 4. The zero-order valence-corrected chi connectivity index (χ0v) is 16.9. The van der Waals surface area contributed by atoms with Crippen LogP contribution in [0.25, 0.3) is 10.8 Å². The van der Waals surface area contributed by atoms with E-state index in [2.05, 4.69) is 22.2 Å². The van der Waals surface area contributed by atoms with Crippen molar-refractivity contribution in [2.75, 3.05) is 23.3 Å². The number of nitrogens with one attached hydrogen (secondary N) is 1. The van der Waals surface area contributed by atoms with E-state index >= 15 is 0 Å². The monoisotopic (exact) mass is 390 g/mol. The molecule has 1 unspecified atom stereocenters. The van der Waals surface area contributed by atoms with Crippen LogP contribution in [0, 0.1) is 12.8 Å².